The van der Waals surface area contributed by atoms with Gasteiger partial charge < -0.3 is 4.74 Å². The van der Waals surface area contributed by atoms with Crippen molar-refractivity contribution < 1.29 is 13.9 Å². The number of halogens is 1. The number of aryl methyl sites for hydroxylation is 2. The number of carbonyl (C=O) groups is 1. The molecule has 0 N–H and O–H groups in total. The van der Waals surface area contributed by atoms with Crippen LogP contribution in [0.2, 0.25) is 0 Å². The molecule has 4 nitrogen and oxygen atoms in total. The van der Waals surface area contributed by atoms with Crippen molar-refractivity contribution in [3.05, 3.63) is 77.4 Å². The number of aromatic nitrogens is 2. The maximum Gasteiger partial charge on any atom is 0.343 e. The average molecular weight is 533 g/mol. The summed E-state index contributed by atoms with van der Waals surface area (Å²) in [5, 5.41) is 0. The van der Waals surface area contributed by atoms with E-state index in [9.17, 15) is 9.18 Å². The van der Waals surface area contributed by atoms with Crippen molar-refractivity contribution in [2.75, 3.05) is 0 Å². The third kappa shape index (κ3) is 10.9. The molecule has 0 aliphatic rings. The predicted octanol–water partition coefficient (Wildman–Crippen LogP) is 9.70. The van der Waals surface area contributed by atoms with Crippen LogP contribution in [0.1, 0.15) is 119 Å². The Bertz CT molecular complexity index is 1110. The topological polar surface area (TPSA) is 52.1 Å². The number of esters is 1. The highest BCUT2D eigenvalue weighted by molar-refractivity contribution is 5.91. The molecule has 0 atom stereocenters. The van der Waals surface area contributed by atoms with Gasteiger partial charge in [-0.15, -0.1) is 0 Å². The van der Waals surface area contributed by atoms with E-state index in [1.54, 1.807) is 30.3 Å². The Balaban J connectivity index is 1.45. The van der Waals surface area contributed by atoms with Gasteiger partial charge in [-0.25, -0.2) is 19.2 Å². The van der Waals surface area contributed by atoms with Crippen molar-refractivity contribution in [3.8, 4) is 17.1 Å². The molecule has 0 saturated carbocycles. The van der Waals surface area contributed by atoms with E-state index < -0.39 is 11.8 Å². The van der Waals surface area contributed by atoms with E-state index in [1.807, 2.05) is 18.5 Å². The maximum atomic E-state index is 14.6. The number of unbranched alkanes of at least 4 members (excludes halogenated alkanes) is 11. The summed E-state index contributed by atoms with van der Waals surface area (Å²) in [7, 11) is 0. The number of hydrogen-bond acceptors (Lipinski definition) is 4. The Morgan fingerprint density at radius 1 is 0.692 bits per heavy atom. The maximum absolute atomic E-state index is 14.6. The molecule has 0 spiro atoms. The molecule has 5 heteroatoms. The zero-order chi connectivity index (χ0) is 27.7. The van der Waals surface area contributed by atoms with Gasteiger partial charge in [0.2, 0.25) is 0 Å². The number of ether oxygens (including phenoxy) is 1. The Hall–Kier alpha value is -3.08. The van der Waals surface area contributed by atoms with Gasteiger partial charge in [0.1, 0.15) is 0 Å². The lowest BCUT2D eigenvalue weighted by Crippen LogP contribution is -2.09. The van der Waals surface area contributed by atoms with E-state index in [0.29, 0.717) is 11.4 Å². The molecule has 0 aliphatic heterocycles. The number of carbonyl (C=O) groups excluding carboxylic acids is 1. The van der Waals surface area contributed by atoms with Crippen LogP contribution in [0, 0.1) is 5.82 Å². The van der Waals surface area contributed by atoms with E-state index in [2.05, 4.69) is 23.8 Å². The molecular formula is C34H45FN2O2. The molecule has 1 aromatic heterocycles. The minimum absolute atomic E-state index is 0.0457. The first kappa shape index (κ1) is 30.5. The highest BCUT2D eigenvalue weighted by Gasteiger charge is 2.13. The minimum atomic E-state index is -0.588. The zero-order valence-electron chi connectivity index (χ0n) is 23.9. The van der Waals surface area contributed by atoms with Gasteiger partial charge in [0, 0.05) is 18.0 Å². The molecule has 0 amide bonds. The lowest BCUT2D eigenvalue weighted by atomic mass is 10.0. The standard InChI is InChI=1S/C34H45FN2O2/c1-3-5-7-9-11-13-15-17-28-25-36-33(37-26-28)29-19-21-30(22-20-29)34(38)39-32-23-18-27(24-31(32)35)16-14-12-10-8-6-4-2/h18-26H,3-17H2,1-2H3. The van der Waals surface area contributed by atoms with Gasteiger partial charge in [-0.3, -0.25) is 0 Å². The first-order valence-corrected chi connectivity index (χ1v) is 15.0. The summed E-state index contributed by atoms with van der Waals surface area (Å²) in [4.78, 5) is 21.6. The normalized spacial score (nSPS) is 11.1. The molecule has 210 valence electrons. The Kier molecular flexibility index (Phi) is 13.7. The highest BCUT2D eigenvalue weighted by Crippen LogP contribution is 2.22. The quantitative estimate of drug-likeness (QED) is 0.0929. The predicted molar refractivity (Wildman–Crippen MR) is 158 cm³/mol. The fraction of sp³-hybridized carbons (Fsp3) is 0.500. The van der Waals surface area contributed by atoms with Crippen molar-refractivity contribution in [2.24, 2.45) is 0 Å². The number of hydrogen-bond donors (Lipinski definition) is 0. The van der Waals surface area contributed by atoms with Crippen LogP contribution < -0.4 is 4.74 Å². The van der Waals surface area contributed by atoms with Crippen LogP contribution in [-0.2, 0) is 12.8 Å². The van der Waals surface area contributed by atoms with Crippen LogP contribution >= 0.6 is 0 Å². The first-order chi connectivity index (χ1) is 19.1. The van der Waals surface area contributed by atoms with Crippen LogP contribution in [0.15, 0.2) is 54.9 Å². The average Bonchev–Trinajstić information content (AvgIpc) is 2.96. The second kappa shape index (κ2) is 17.5. The molecule has 3 rings (SSSR count). The number of nitrogens with zero attached hydrogens (tertiary/aromatic N) is 2. The smallest absolute Gasteiger partial charge is 0.343 e. The molecule has 39 heavy (non-hydrogen) atoms. The molecule has 1 heterocycles. The van der Waals surface area contributed by atoms with Crippen molar-refractivity contribution in [3.63, 3.8) is 0 Å². The summed E-state index contributed by atoms with van der Waals surface area (Å²) in [6.07, 6.45) is 21.8. The van der Waals surface area contributed by atoms with Gasteiger partial charge in [-0.05, 0) is 61.1 Å². The summed E-state index contributed by atoms with van der Waals surface area (Å²) in [6, 6.07) is 11.8. The molecule has 0 radical (unpaired) electrons. The molecule has 0 saturated heterocycles. The monoisotopic (exact) mass is 532 g/mol. The molecule has 0 unspecified atom stereocenters. The molecule has 0 bridgehead atoms. The van der Waals surface area contributed by atoms with Crippen molar-refractivity contribution in [2.45, 2.75) is 110 Å². The summed E-state index contributed by atoms with van der Waals surface area (Å²) in [5.41, 5.74) is 3.25. The van der Waals surface area contributed by atoms with Crippen LogP contribution in [0.5, 0.6) is 5.75 Å². The molecule has 0 fully saturated rings. The van der Waals surface area contributed by atoms with E-state index in [0.717, 1.165) is 48.8 Å². The lowest BCUT2D eigenvalue weighted by molar-refractivity contribution is 0.0728. The van der Waals surface area contributed by atoms with Gasteiger partial charge in [0.15, 0.2) is 17.4 Å². The van der Waals surface area contributed by atoms with Crippen molar-refractivity contribution >= 4 is 5.97 Å². The lowest BCUT2D eigenvalue weighted by Gasteiger charge is -2.08. The van der Waals surface area contributed by atoms with Gasteiger partial charge in [-0.2, -0.15) is 0 Å². The SMILES string of the molecule is CCCCCCCCCc1cnc(-c2ccc(C(=O)Oc3ccc(CCCCCCCC)cc3F)cc2)nc1. The second-order valence-electron chi connectivity index (χ2n) is 10.5. The van der Waals surface area contributed by atoms with Gasteiger partial charge in [0.05, 0.1) is 5.56 Å². The number of rotatable bonds is 18. The van der Waals surface area contributed by atoms with Crippen LogP contribution in [0.4, 0.5) is 4.39 Å². The van der Waals surface area contributed by atoms with E-state index in [1.165, 1.54) is 70.3 Å². The van der Waals surface area contributed by atoms with Crippen LogP contribution in [0.25, 0.3) is 11.4 Å². The van der Waals surface area contributed by atoms with E-state index in [-0.39, 0.29) is 5.75 Å². The van der Waals surface area contributed by atoms with E-state index in [4.69, 9.17) is 4.74 Å². The molecular weight excluding hydrogens is 487 g/mol. The third-order valence-electron chi connectivity index (χ3n) is 7.17. The molecule has 3 aromatic rings. The summed E-state index contributed by atoms with van der Waals surface area (Å²) in [5.74, 6) is -0.524. The summed E-state index contributed by atoms with van der Waals surface area (Å²) < 4.78 is 19.9. The fourth-order valence-corrected chi connectivity index (χ4v) is 4.73. The van der Waals surface area contributed by atoms with Crippen LogP contribution in [-0.4, -0.2) is 15.9 Å². The van der Waals surface area contributed by atoms with Gasteiger partial charge in [-0.1, -0.05) is 103 Å². The summed E-state index contributed by atoms with van der Waals surface area (Å²) in [6.45, 7) is 4.45. The summed E-state index contributed by atoms with van der Waals surface area (Å²) >= 11 is 0. The number of benzene rings is 2. The Morgan fingerprint density at radius 3 is 1.79 bits per heavy atom. The Morgan fingerprint density at radius 2 is 1.23 bits per heavy atom. The second-order valence-corrected chi connectivity index (χ2v) is 10.5. The van der Waals surface area contributed by atoms with Crippen molar-refractivity contribution in [1.29, 1.82) is 0 Å². The van der Waals surface area contributed by atoms with Crippen molar-refractivity contribution in [1.82, 2.24) is 9.97 Å². The fourth-order valence-electron chi connectivity index (χ4n) is 4.73. The zero-order valence-corrected chi connectivity index (χ0v) is 23.9. The first-order valence-electron chi connectivity index (χ1n) is 15.0. The van der Waals surface area contributed by atoms with E-state index >= 15 is 0 Å². The molecule has 0 aliphatic carbocycles. The third-order valence-corrected chi connectivity index (χ3v) is 7.17. The van der Waals surface area contributed by atoms with Crippen LogP contribution in [0.3, 0.4) is 0 Å². The highest BCUT2D eigenvalue weighted by atomic mass is 19.1. The Labute approximate surface area is 234 Å². The van der Waals surface area contributed by atoms with Gasteiger partial charge in [0.25, 0.3) is 0 Å². The largest absolute Gasteiger partial charge is 0.420 e. The minimum Gasteiger partial charge on any atom is -0.420 e. The van der Waals surface area contributed by atoms with Gasteiger partial charge >= 0.3 is 5.97 Å². The molecule has 2 aromatic carbocycles.